The molecule has 6 nitrogen and oxygen atoms in total. The summed E-state index contributed by atoms with van der Waals surface area (Å²) in [5.74, 6) is 0.868. The molecule has 0 atom stereocenters. The highest BCUT2D eigenvalue weighted by Crippen LogP contribution is 2.31. The molecule has 0 aliphatic carbocycles. The maximum atomic E-state index is 12.2. The monoisotopic (exact) mass is 335 g/mol. The van der Waals surface area contributed by atoms with E-state index in [9.17, 15) is 10.1 Å². The van der Waals surface area contributed by atoms with E-state index in [-0.39, 0.29) is 5.57 Å². The summed E-state index contributed by atoms with van der Waals surface area (Å²) in [4.78, 5) is 16.2. The van der Waals surface area contributed by atoms with Crippen LogP contribution in [0.1, 0.15) is 17.5 Å². The number of nitrogens with zero attached hydrogens (tertiary/aromatic N) is 2. The van der Waals surface area contributed by atoms with Gasteiger partial charge in [0, 0.05) is 25.4 Å². The van der Waals surface area contributed by atoms with Crippen molar-refractivity contribution in [3.8, 4) is 17.6 Å². The topological polar surface area (TPSA) is 84.2 Å². The smallest absolute Gasteiger partial charge is 0.262 e. The molecular formula is C19H17N3O3. The minimum atomic E-state index is -0.432. The number of aromatic nitrogens is 1. The molecule has 1 amide bonds. The van der Waals surface area contributed by atoms with Crippen LogP contribution >= 0.6 is 0 Å². The Morgan fingerprint density at radius 3 is 2.88 bits per heavy atom. The molecule has 25 heavy (non-hydrogen) atoms. The number of fused-ring (bicyclic) bond motifs is 1. The number of pyridine rings is 1. The summed E-state index contributed by atoms with van der Waals surface area (Å²) in [6.45, 7) is 1.51. The Hall–Kier alpha value is -3.33. The van der Waals surface area contributed by atoms with Crippen LogP contribution in [0.3, 0.4) is 0 Å². The first-order valence-corrected chi connectivity index (χ1v) is 7.95. The van der Waals surface area contributed by atoms with E-state index in [1.54, 1.807) is 36.7 Å². The number of rotatable bonds is 4. The number of nitriles is 1. The van der Waals surface area contributed by atoms with Gasteiger partial charge in [0.2, 0.25) is 0 Å². The fourth-order valence-electron chi connectivity index (χ4n) is 2.37. The zero-order valence-electron chi connectivity index (χ0n) is 13.6. The Bertz CT molecular complexity index is 826. The van der Waals surface area contributed by atoms with Crippen molar-refractivity contribution in [3.05, 3.63) is 59.4 Å². The number of carbonyl (C=O) groups excluding carboxylic acids is 1. The molecule has 126 valence electrons. The van der Waals surface area contributed by atoms with Crippen LogP contribution in [0.5, 0.6) is 11.5 Å². The van der Waals surface area contributed by atoms with E-state index in [0.29, 0.717) is 36.8 Å². The van der Waals surface area contributed by atoms with E-state index in [0.717, 1.165) is 12.0 Å². The predicted molar refractivity (Wildman–Crippen MR) is 91.7 cm³/mol. The van der Waals surface area contributed by atoms with Crippen LogP contribution in [0.25, 0.3) is 6.08 Å². The van der Waals surface area contributed by atoms with Gasteiger partial charge >= 0.3 is 0 Å². The quantitative estimate of drug-likeness (QED) is 0.685. The second-order valence-electron chi connectivity index (χ2n) is 5.47. The summed E-state index contributed by atoms with van der Waals surface area (Å²) in [5.41, 5.74) is 1.60. The van der Waals surface area contributed by atoms with Crippen molar-refractivity contribution in [2.75, 3.05) is 13.2 Å². The molecule has 0 bridgehead atoms. The first-order valence-electron chi connectivity index (χ1n) is 7.95. The molecule has 3 rings (SSSR count). The number of hydrogen-bond donors (Lipinski definition) is 1. The average Bonchev–Trinajstić information content (AvgIpc) is 2.90. The fourth-order valence-corrected chi connectivity index (χ4v) is 2.37. The van der Waals surface area contributed by atoms with Gasteiger partial charge in [0.05, 0.1) is 13.2 Å². The SMILES string of the molecule is N#C/C(=C\c1ccc2c(c1)OCCCO2)C(=O)NCc1cccnc1. The highest BCUT2D eigenvalue weighted by atomic mass is 16.5. The molecule has 0 fully saturated rings. The molecule has 0 unspecified atom stereocenters. The third kappa shape index (κ3) is 4.36. The fraction of sp³-hybridized carbons (Fsp3) is 0.211. The van der Waals surface area contributed by atoms with Gasteiger partial charge in [-0.2, -0.15) is 5.26 Å². The molecule has 1 aliphatic rings. The minimum Gasteiger partial charge on any atom is -0.490 e. The zero-order valence-corrected chi connectivity index (χ0v) is 13.6. The molecule has 0 spiro atoms. The first-order chi connectivity index (χ1) is 12.3. The summed E-state index contributed by atoms with van der Waals surface area (Å²) < 4.78 is 11.2. The minimum absolute atomic E-state index is 0.0263. The van der Waals surface area contributed by atoms with Crippen LogP contribution < -0.4 is 14.8 Å². The van der Waals surface area contributed by atoms with Crippen LogP contribution in [0.2, 0.25) is 0 Å². The largest absolute Gasteiger partial charge is 0.490 e. The average molecular weight is 335 g/mol. The second-order valence-corrected chi connectivity index (χ2v) is 5.47. The van der Waals surface area contributed by atoms with Crippen molar-refractivity contribution in [3.63, 3.8) is 0 Å². The Labute approximate surface area is 145 Å². The van der Waals surface area contributed by atoms with Crippen LogP contribution in [0.15, 0.2) is 48.3 Å². The highest BCUT2D eigenvalue weighted by molar-refractivity contribution is 6.01. The van der Waals surface area contributed by atoms with Crippen molar-refractivity contribution in [2.45, 2.75) is 13.0 Å². The second kappa shape index (κ2) is 7.97. The summed E-state index contributed by atoms with van der Waals surface area (Å²) in [6.07, 6.45) is 5.68. The number of nitrogens with one attached hydrogen (secondary N) is 1. The van der Waals surface area contributed by atoms with Gasteiger partial charge in [-0.05, 0) is 35.4 Å². The lowest BCUT2D eigenvalue weighted by molar-refractivity contribution is -0.117. The summed E-state index contributed by atoms with van der Waals surface area (Å²) in [6, 6.07) is 10.9. The lowest BCUT2D eigenvalue weighted by Crippen LogP contribution is -2.24. The van der Waals surface area contributed by atoms with Gasteiger partial charge in [0.15, 0.2) is 11.5 Å². The molecule has 0 saturated carbocycles. The molecule has 1 aromatic heterocycles. The van der Waals surface area contributed by atoms with E-state index < -0.39 is 5.91 Å². The van der Waals surface area contributed by atoms with Gasteiger partial charge in [-0.15, -0.1) is 0 Å². The highest BCUT2D eigenvalue weighted by Gasteiger charge is 2.12. The van der Waals surface area contributed by atoms with Gasteiger partial charge in [-0.3, -0.25) is 9.78 Å². The van der Waals surface area contributed by atoms with E-state index >= 15 is 0 Å². The zero-order chi connectivity index (χ0) is 17.5. The molecular weight excluding hydrogens is 318 g/mol. The van der Waals surface area contributed by atoms with E-state index in [1.807, 2.05) is 12.1 Å². The molecule has 6 heteroatoms. The van der Waals surface area contributed by atoms with Crippen molar-refractivity contribution in [2.24, 2.45) is 0 Å². The maximum Gasteiger partial charge on any atom is 0.262 e. The number of carbonyl (C=O) groups is 1. The lowest BCUT2D eigenvalue weighted by atomic mass is 10.1. The number of ether oxygens (including phenoxy) is 2. The van der Waals surface area contributed by atoms with Gasteiger partial charge in [-0.25, -0.2) is 0 Å². The molecule has 1 N–H and O–H groups in total. The molecule has 2 aromatic rings. The Morgan fingerprint density at radius 1 is 1.28 bits per heavy atom. The Morgan fingerprint density at radius 2 is 2.12 bits per heavy atom. The van der Waals surface area contributed by atoms with Crippen molar-refractivity contribution in [1.82, 2.24) is 10.3 Å². The predicted octanol–water partition coefficient (Wildman–Crippen LogP) is 2.47. The summed E-state index contributed by atoms with van der Waals surface area (Å²) in [7, 11) is 0. The van der Waals surface area contributed by atoms with Gasteiger partial charge in [0.25, 0.3) is 5.91 Å². The van der Waals surface area contributed by atoms with Crippen molar-refractivity contribution < 1.29 is 14.3 Å². The third-order valence-electron chi connectivity index (χ3n) is 3.62. The van der Waals surface area contributed by atoms with Gasteiger partial charge in [-0.1, -0.05) is 12.1 Å². The Kier molecular flexibility index (Phi) is 5.27. The van der Waals surface area contributed by atoms with Crippen molar-refractivity contribution in [1.29, 1.82) is 5.26 Å². The third-order valence-corrected chi connectivity index (χ3v) is 3.62. The number of amides is 1. The molecule has 1 aliphatic heterocycles. The van der Waals surface area contributed by atoms with Crippen LogP contribution in [0.4, 0.5) is 0 Å². The van der Waals surface area contributed by atoms with E-state index in [4.69, 9.17) is 9.47 Å². The van der Waals surface area contributed by atoms with Crippen LogP contribution in [-0.4, -0.2) is 24.1 Å². The number of benzene rings is 1. The maximum absolute atomic E-state index is 12.2. The number of hydrogen-bond acceptors (Lipinski definition) is 5. The Balaban J connectivity index is 1.72. The van der Waals surface area contributed by atoms with Crippen LogP contribution in [0, 0.1) is 11.3 Å². The van der Waals surface area contributed by atoms with E-state index in [2.05, 4.69) is 10.3 Å². The summed E-state index contributed by atoms with van der Waals surface area (Å²) >= 11 is 0. The molecule has 1 aromatic carbocycles. The lowest BCUT2D eigenvalue weighted by Gasteiger charge is -2.08. The van der Waals surface area contributed by atoms with Crippen LogP contribution in [-0.2, 0) is 11.3 Å². The summed E-state index contributed by atoms with van der Waals surface area (Å²) in [5, 5.41) is 12.0. The molecule has 0 radical (unpaired) electrons. The molecule has 0 saturated heterocycles. The first kappa shape index (κ1) is 16.5. The van der Waals surface area contributed by atoms with Gasteiger partial charge < -0.3 is 14.8 Å². The van der Waals surface area contributed by atoms with Gasteiger partial charge in [0.1, 0.15) is 11.6 Å². The van der Waals surface area contributed by atoms with E-state index in [1.165, 1.54) is 6.08 Å². The normalized spacial score (nSPS) is 13.5. The molecule has 2 heterocycles. The van der Waals surface area contributed by atoms with Crippen molar-refractivity contribution >= 4 is 12.0 Å². The standard InChI is InChI=1S/C19H17N3O3/c20-11-16(19(23)22-13-15-3-1-6-21-12-15)9-14-4-5-17-18(10-14)25-8-2-7-24-17/h1,3-6,9-10,12H,2,7-8,13H2,(H,22,23)/b16-9+.